The predicted molar refractivity (Wildman–Crippen MR) is 73.6 cm³/mol. The molecule has 0 spiro atoms. The van der Waals surface area contributed by atoms with Crippen molar-refractivity contribution in [3.8, 4) is 10.7 Å². The maximum absolute atomic E-state index is 4.18. The summed E-state index contributed by atoms with van der Waals surface area (Å²) in [5.74, 6) is 1.52. The summed E-state index contributed by atoms with van der Waals surface area (Å²) in [6.45, 7) is 5.31. The monoisotopic (exact) mass is 363 g/mol. The van der Waals surface area contributed by atoms with Crippen molar-refractivity contribution < 1.29 is 0 Å². The number of aromatic nitrogens is 3. The molecule has 0 aliphatic carbocycles. The first-order valence-electron chi connectivity index (χ1n) is 4.91. The maximum atomic E-state index is 4.18. The minimum atomic E-state index is 0.585. The van der Waals surface area contributed by atoms with Crippen molar-refractivity contribution in [2.45, 2.75) is 20.4 Å². The lowest BCUT2D eigenvalue weighted by Gasteiger charge is -2.07. The molecule has 0 N–H and O–H groups in total. The van der Waals surface area contributed by atoms with Crippen molar-refractivity contribution >= 4 is 43.2 Å². The highest BCUT2D eigenvalue weighted by Gasteiger charge is 2.13. The van der Waals surface area contributed by atoms with E-state index < -0.39 is 0 Å². The first-order chi connectivity index (χ1) is 7.58. The molecule has 0 unspecified atom stereocenters. The Kier molecular flexibility index (Phi) is 3.81. The molecule has 2 aromatic rings. The van der Waals surface area contributed by atoms with Crippen LogP contribution in [0.25, 0.3) is 10.7 Å². The van der Waals surface area contributed by atoms with Crippen LogP contribution < -0.4 is 0 Å². The molecule has 2 heterocycles. The number of hydrogen-bond donors (Lipinski definition) is 0. The SMILES string of the molecule is CC(C)Cn1cnnc1-c1cc(Br)c(Br)s1. The highest BCUT2D eigenvalue weighted by Crippen LogP contribution is 2.37. The molecular formula is C10H11Br2N3S. The molecule has 2 rings (SSSR count). The van der Waals surface area contributed by atoms with Gasteiger partial charge in [-0.15, -0.1) is 21.5 Å². The van der Waals surface area contributed by atoms with Crippen LogP contribution in [0, 0.1) is 5.92 Å². The molecule has 0 aliphatic rings. The fraction of sp³-hybridized carbons (Fsp3) is 0.400. The molecule has 0 radical (unpaired) electrons. The van der Waals surface area contributed by atoms with Crippen molar-refractivity contribution in [3.63, 3.8) is 0 Å². The zero-order valence-electron chi connectivity index (χ0n) is 8.94. The van der Waals surface area contributed by atoms with Crippen LogP contribution in [-0.2, 0) is 6.54 Å². The second kappa shape index (κ2) is 4.98. The van der Waals surface area contributed by atoms with Crippen LogP contribution in [0.1, 0.15) is 13.8 Å². The van der Waals surface area contributed by atoms with Gasteiger partial charge in [0.1, 0.15) is 6.33 Å². The van der Waals surface area contributed by atoms with Crippen molar-refractivity contribution in [3.05, 3.63) is 20.7 Å². The minimum absolute atomic E-state index is 0.585. The summed E-state index contributed by atoms with van der Waals surface area (Å²) < 4.78 is 4.24. The van der Waals surface area contributed by atoms with Gasteiger partial charge in [0.05, 0.1) is 8.66 Å². The van der Waals surface area contributed by atoms with Gasteiger partial charge < -0.3 is 4.57 Å². The molecule has 0 fully saturated rings. The minimum Gasteiger partial charge on any atom is -0.313 e. The van der Waals surface area contributed by atoms with Crippen molar-refractivity contribution in [2.75, 3.05) is 0 Å². The molecule has 0 atom stereocenters. The molecule has 86 valence electrons. The first-order valence-corrected chi connectivity index (χ1v) is 7.31. The Bertz CT molecular complexity index is 470. The van der Waals surface area contributed by atoms with Crippen LogP contribution in [0.15, 0.2) is 20.7 Å². The largest absolute Gasteiger partial charge is 0.313 e. The maximum Gasteiger partial charge on any atom is 0.173 e. The van der Waals surface area contributed by atoms with Crippen LogP contribution in [-0.4, -0.2) is 14.8 Å². The van der Waals surface area contributed by atoms with Gasteiger partial charge in [-0.25, -0.2) is 0 Å². The summed E-state index contributed by atoms with van der Waals surface area (Å²) >= 11 is 8.63. The zero-order valence-corrected chi connectivity index (χ0v) is 12.9. The third-order valence-electron chi connectivity index (χ3n) is 2.04. The second-order valence-corrected chi connectivity index (χ2v) is 7.16. The predicted octanol–water partition coefficient (Wildman–Crippen LogP) is 4.19. The summed E-state index contributed by atoms with van der Waals surface area (Å²) in [6, 6.07) is 2.07. The summed E-state index contributed by atoms with van der Waals surface area (Å²) in [5, 5.41) is 8.16. The van der Waals surface area contributed by atoms with E-state index >= 15 is 0 Å². The smallest absolute Gasteiger partial charge is 0.173 e. The standard InChI is InChI=1S/C10H11Br2N3S/c1-6(2)4-15-5-13-14-10(15)8-3-7(11)9(12)16-8/h3,5-6H,4H2,1-2H3. The molecule has 0 aliphatic heterocycles. The van der Waals surface area contributed by atoms with Crippen molar-refractivity contribution in [2.24, 2.45) is 5.92 Å². The average Bonchev–Trinajstić information content (AvgIpc) is 2.74. The fourth-order valence-corrected chi connectivity index (χ4v) is 3.47. The molecule has 0 bridgehead atoms. The van der Waals surface area contributed by atoms with E-state index in [1.165, 1.54) is 0 Å². The number of hydrogen-bond acceptors (Lipinski definition) is 3. The van der Waals surface area contributed by atoms with Crippen LogP contribution in [0.4, 0.5) is 0 Å². The molecule has 0 saturated carbocycles. The lowest BCUT2D eigenvalue weighted by molar-refractivity contribution is 0.525. The lowest BCUT2D eigenvalue weighted by Crippen LogP contribution is -2.04. The number of rotatable bonds is 3. The third kappa shape index (κ3) is 2.55. The summed E-state index contributed by atoms with van der Waals surface area (Å²) in [4.78, 5) is 1.12. The quantitative estimate of drug-likeness (QED) is 0.817. The molecule has 3 nitrogen and oxygen atoms in total. The lowest BCUT2D eigenvalue weighted by atomic mass is 10.2. The van der Waals surface area contributed by atoms with Gasteiger partial charge in [0.15, 0.2) is 5.82 Å². The number of thiophene rings is 1. The van der Waals surface area contributed by atoms with Crippen LogP contribution >= 0.6 is 43.2 Å². The van der Waals surface area contributed by atoms with Crippen LogP contribution in [0.3, 0.4) is 0 Å². The Hall–Kier alpha value is -0.200. The second-order valence-electron chi connectivity index (χ2n) is 3.93. The number of nitrogens with zero attached hydrogens (tertiary/aromatic N) is 3. The van der Waals surface area contributed by atoms with Gasteiger partial charge >= 0.3 is 0 Å². The van der Waals surface area contributed by atoms with E-state index in [-0.39, 0.29) is 0 Å². The van der Waals surface area contributed by atoms with E-state index in [1.54, 1.807) is 17.7 Å². The third-order valence-corrected chi connectivity index (χ3v) is 5.30. The first kappa shape index (κ1) is 12.3. The Labute approximate surface area is 115 Å². The van der Waals surface area contributed by atoms with Crippen molar-refractivity contribution in [1.29, 1.82) is 0 Å². The highest BCUT2D eigenvalue weighted by molar-refractivity contribution is 9.13. The van der Waals surface area contributed by atoms with E-state index in [0.717, 1.165) is 25.5 Å². The normalized spacial score (nSPS) is 11.3. The summed E-state index contributed by atoms with van der Waals surface area (Å²) in [5.41, 5.74) is 0. The van der Waals surface area contributed by atoms with E-state index in [4.69, 9.17) is 0 Å². The highest BCUT2D eigenvalue weighted by atomic mass is 79.9. The molecule has 2 aromatic heterocycles. The van der Waals surface area contributed by atoms with E-state index in [0.29, 0.717) is 5.92 Å². The summed E-state index contributed by atoms with van der Waals surface area (Å²) in [7, 11) is 0. The van der Waals surface area contributed by atoms with Gasteiger partial charge in [-0.05, 0) is 43.8 Å². The van der Waals surface area contributed by atoms with E-state index in [2.05, 4.69) is 66.5 Å². The van der Waals surface area contributed by atoms with Gasteiger partial charge in [0, 0.05) is 11.0 Å². The van der Waals surface area contributed by atoms with Gasteiger partial charge in [-0.1, -0.05) is 13.8 Å². The van der Waals surface area contributed by atoms with Crippen LogP contribution in [0.5, 0.6) is 0 Å². The van der Waals surface area contributed by atoms with E-state index in [9.17, 15) is 0 Å². The Morgan fingerprint density at radius 2 is 2.19 bits per heavy atom. The Morgan fingerprint density at radius 1 is 1.44 bits per heavy atom. The van der Waals surface area contributed by atoms with E-state index in [1.807, 2.05) is 0 Å². The molecule has 6 heteroatoms. The molecule has 0 aromatic carbocycles. The van der Waals surface area contributed by atoms with Gasteiger partial charge in [0.2, 0.25) is 0 Å². The summed E-state index contributed by atoms with van der Waals surface area (Å²) in [6.07, 6.45) is 1.79. The molecular weight excluding hydrogens is 354 g/mol. The van der Waals surface area contributed by atoms with Crippen molar-refractivity contribution in [1.82, 2.24) is 14.8 Å². The fourth-order valence-electron chi connectivity index (χ4n) is 1.43. The average molecular weight is 365 g/mol. The Balaban J connectivity index is 2.36. The van der Waals surface area contributed by atoms with Gasteiger partial charge in [-0.3, -0.25) is 0 Å². The number of halogens is 2. The topological polar surface area (TPSA) is 30.7 Å². The van der Waals surface area contributed by atoms with Gasteiger partial charge in [-0.2, -0.15) is 0 Å². The Morgan fingerprint density at radius 3 is 2.75 bits per heavy atom. The zero-order chi connectivity index (χ0) is 11.7. The molecule has 0 saturated heterocycles. The molecule has 16 heavy (non-hydrogen) atoms. The van der Waals surface area contributed by atoms with Crippen LogP contribution in [0.2, 0.25) is 0 Å². The van der Waals surface area contributed by atoms with Gasteiger partial charge in [0.25, 0.3) is 0 Å². The molecule has 0 amide bonds.